The molecule has 0 saturated heterocycles. The summed E-state index contributed by atoms with van der Waals surface area (Å²) in [5.41, 5.74) is 0. The molecule has 1 heteroatoms. The monoisotopic (exact) mass is 164 g/mol. The predicted octanol–water partition coefficient (Wildman–Crippen LogP) is 1.97. The standard InChI is InChI=1S/C11H16O/c12-11-9-5-6-10(11)8-4-2-1-3-7(8)9/h5-12H,1-4H2/t7-,8+,9-,10+,11?. The van der Waals surface area contributed by atoms with Gasteiger partial charge in [-0.1, -0.05) is 25.0 Å². The van der Waals surface area contributed by atoms with E-state index in [1.807, 2.05) is 0 Å². The van der Waals surface area contributed by atoms with Gasteiger partial charge in [0.2, 0.25) is 0 Å². The molecule has 1 unspecified atom stereocenters. The molecule has 0 aromatic rings. The maximum absolute atomic E-state index is 9.90. The van der Waals surface area contributed by atoms with Gasteiger partial charge in [0.25, 0.3) is 0 Å². The number of aliphatic hydroxyl groups excluding tert-OH is 1. The van der Waals surface area contributed by atoms with Crippen LogP contribution < -0.4 is 0 Å². The first-order valence-corrected chi connectivity index (χ1v) is 5.24. The highest BCUT2D eigenvalue weighted by Crippen LogP contribution is 2.53. The Morgan fingerprint density at radius 1 is 0.917 bits per heavy atom. The van der Waals surface area contributed by atoms with Crippen LogP contribution >= 0.6 is 0 Å². The molecule has 3 aliphatic carbocycles. The minimum Gasteiger partial charge on any atom is -0.392 e. The molecule has 3 aliphatic rings. The highest BCUT2D eigenvalue weighted by Gasteiger charge is 2.50. The Hall–Kier alpha value is -0.300. The molecule has 2 saturated carbocycles. The number of hydrogen-bond acceptors (Lipinski definition) is 1. The molecular weight excluding hydrogens is 148 g/mol. The van der Waals surface area contributed by atoms with Crippen LogP contribution in [-0.2, 0) is 0 Å². The predicted molar refractivity (Wildman–Crippen MR) is 47.6 cm³/mol. The van der Waals surface area contributed by atoms with Crippen molar-refractivity contribution in [2.75, 3.05) is 0 Å². The Bertz CT molecular complexity index is 199. The van der Waals surface area contributed by atoms with Crippen molar-refractivity contribution in [2.24, 2.45) is 23.7 Å². The van der Waals surface area contributed by atoms with Crippen LogP contribution in [0.1, 0.15) is 25.7 Å². The molecule has 0 aromatic heterocycles. The Labute approximate surface area is 73.5 Å². The van der Waals surface area contributed by atoms with E-state index in [4.69, 9.17) is 0 Å². The SMILES string of the molecule is OC1[C@H]2C=C[C@@H]1[C@@H]1CCCC[C@@H]12. The zero-order valence-corrected chi connectivity index (χ0v) is 7.32. The van der Waals surface area contributed by atoms with Crippen molar-refractivity contribution in [1.29, 1.82) is 0 Å². The van der Waals surface area contributed by atoms with Gasteiger partial charge in [-0.25, -0.2) is 0 Å². The molecule has 1 nitrogen and oxygen atoms in total. The van der Waals surface area contributed by atoms with E-state index in [1.54, 1.807) is 0 Å². The van der Waals surface area contributed by atoms with Gasteiger partial charge < -0.3 is 5.11 Å². The lowest BCUT2D eigenvalue weighted by Crippen LogP contribution is -2.22. The summed E-state index contributed by atoms with van der Waals surface area (Å²) < 4.78 is 0. The molecule has 3 rings (SSSR count). The van der Waals surface area contributed by atoms with Gasteiger partial charge in [0, 0.05) is 11.8 Å². The van der Waals surface area contributed by atoms with Crippen molar-refractivity contribution in [1.82, 2.24) is 0 Å². The Kier molecular flexibility index (Phi) is 1.40. The van der Waals surface area contributed by atoms with Gasteiger partial charge >= 0.3 is 0 Å². The van der Waals surface area contributed by atoms with Crippen molar-refractivity contribution < 1.29 is 5.11 Å². The van der Waals surface area contributed by atoms with Crippen LogP contribution in [-0.4, -0.2) is 11.2 Å². The first-order chi connectivity index (χ1) is 5.88. The second-order valence-electron chi connectivity index (χ2n) is 4.64. The third-order valence-corrected chi connectivity index (χ3v) is 4.21. The average molecular weight is 164 g/mol. The molecular formula is C11H16O. The molecule has 66 valence electrons. The van der Waals surface area contributed by atoms with Crippen LogP contribution in [0, 0.1) is 23.7 Å². The quantitative estimate of drug-likeness (QED) is 0.543. The molecule has 2 fully saturated rings. The summed E-state index contributed by atoms with van der Waals surface area (Å²) in [6.07, 6.45) is 10.0. The fourth-order valence-electron chi connectivity index (χ4n) is 3.68. The fraction of sp³-hybridized carbons (Fsp3) is 0.818. The van der Waals surface area contributed by atoms with Gasteiger partial charge in [-0.2, -0.15) is 0 Å². The van der Waals surface area contributed by atoms with E-state index >= 15 is 0 Å². The average Bonchev–Trinajstić information content (AvgIpc) is 2.61. The molecule has 0 spiro atoms. The molecule has 2 bridgehead atoms. The largest absolute Gasteiger partial charge is 0.392 e. The van der Waals surface area contributed by atoms with Gasteiger partial charge in [-0.15, -0.1) is 0 Å². The zero-order valence-electron chi connectivity index (χ0n) is 7.32. The van der Waals surface area contributed by atoms with Crippen molar-refractivity contribution in [3.05, 3.63) is 12.2 Å². The molecule has 0 radical (unpaired) electrons. The molecule has 0 aliphatic heterocycles. The van der Waals surface area contributed by atoms with Crippen molar-refractivity contribution in [2.45, 2.75) is 31.8 Å². The molecule has 5 atom stereocenters. The summed E-state index contributed by atoms with van der Waals surface area (Å²) in [6.45, 7) is 0. The van der Waals surface area contributed by atoms with E-state index in [0.29, 0.717) is 11.8 Å². The van der Waals surface area contributed by atoms with E-state index in [9.17, 15) is 5.11 Å². The van der Waals surface area contributed by atoms with Crippen LogP contribution in [0.4, 0.5) is 0 Å². The lowest BCUT2D eigenvalue weighted by Gasteiger charge is -2.31. The van der Waals surface area contributed by atoms with E-state index < -0.39 is 0 Å². The smallest absolute Gasteiger partial charge is 0.0670 e. The molecule has 0 aromatic carbocycles. The van der Waals surface area contributed by atoms with Crippen molar-refractivity contribution in [3.8, 4) is 0 Å². The van der Waals surface area contributed by atoms with Crippen molar-refractivity contribution in [3.63, 3.8) is 0 Å². The van der Waals surface area contributed by atoms with E-state index in [-0.39, 0.29) is 6.10 Å². The van der Waals surface area contributed by atoms with Crippen LogP contribution in [0.3, 0.4) is 0 Å². The van der Waals surface area contributed by atoms with Gasteiger partial charge in [0.05, 0.1) is 6.10 Å². The van der Waals surface area contributed by atoms with Crippen LogP contribution in [0.25, 0.3) is 0 Å². The van der Waals surface area contributed by atoms with Crippen LogP contribution in [0.2, 0.25) is 0 Å². The minimum atomic E-state index is -0.0156. The summed E-state index contributed by atoms with van der Waals surface area (Å²) in [7, 11) is 0. The minimum absolute atomic E-state index is 0.0156. The van der Waals surface area contributed by atoms with Gasteiger partial charge in [-0.05, 0) is 24.7 Å². The number of aliphatic hydroxyl groups is 1. The van der Waals surface area contributed by atoms with Crippen LogP contribution in [0.15, 0.2) is 12.2 Å². The Morgan fingerprint density at radius 3 is 1.92 bits per heavy atom. The van der Waals surface area contributed by atoms with E-state index in [0.717, 1.165) is 11.8 Å². The summed E-state index contributed by atoms with van der Waals surface area (Å²) in [5.74, 6) is 2.73. The molecule has 1 N–H and O–H groups in total. The van der Waals surface area contributed by atoms with Gasteiger partial charge in [-0.3, -0.25) is 0 Å². The summed E-state index contributed by atoms with van der Waals surface area (Å²) >= 11 is 0. The second kappa shape index (κ2) is 2.35. The Morgan fingerprint density at radius 2 is 1.42 bits per heavy atom. The molecule has 12 heavy (non-hydrogen) atoms. The third-order valence-electron chi connectivity index (χ3n) is 4.21. The summed E-state index contributed by atoms with van der Waals surface area (Å²) in [6, 6.07) is 0. The normalized spacial score (nSPS) is 55.9. The number of fused-ring (bicyclic) bond motifs is 5. The maximum Gasteiger partial charge on any atom is 0.0670 e. The zero-order chi connectivity index (χ0) is 8.13. The maximum atomic E-state index is 9.90. The molecule has 0 amide bonds. The highest BCUT2D eigenvalue weighted by atomic mass is 16.3. The number of hydrogen-bond donors (Lipinski definition) is 1. The fourth-order valence-corrected chi connectivity index (χ4v) is 3.68. The lowest BCUT2D eigenvalue weighted by molar-refractivity contribution is 0.127. The third kappa shape index (κ3) is 0.731. The van der Waals surface area contributed by atoms with E-state index in [1.165, 1.54) is 25.7 Å². The number of rotatable bonds is 0. The van der Waals surface area contributed by atoms with Gasteiger partial charge in [0.1, 0.15) is 0 Å². The topological polar surface area (TPSA) is 20.2 Å². The molecule has 0 heterocycles. The van der Waals surface area contributed by atoms with E-state index in [2.05, 4.69) is 12.2 Å². The Balaban J connectivity index is 1.93. The lowest BCUT2D eigenvalue weighted by atomic mass is 9.73. The second-order valence-corrected chi connectivity index (χ2v) is 4.64. The van der Waals surface area contributed by atoms with Crippen molar-refractivity contribution >= 4 is 0 Å². The summed E-state index contributed by atoms with van der Waals surface area (Å²) in [5, 5.41) is 9.90. The summed E-state index contributed by atoms with van der Waals surface area (Å²) in [4.78, 5) is 0. The first-order valence-electron chi connectivity index (χ1n) is 5.24. The van der Waals surface area contributed by atoms with Gasteiger partial charge in [0.15, 0.2) is 0 Å². The van der Waals surface area contributed by atoms with Crippen LogP contribution in [0.5, 0.6) is 0 Å². The first kappa shape index (κ1) is 7.14. The highest BCUT2D eigenvalue weighted by molar-refractivity contribution is 5.18.